The van der Waals surface area contributed by atoms with Crippen molar-refractivity contribution >= 4 is 15.7 Å². The highest BCUT2D eigenvalue weighted by molar-refractivity contribution is 7.91. The Balaban J connectivity index is 1.65. The molecule has 25 heavy (non-hydrogen) atoms. The molecule has 2 aliphatic heterocycles. The van der Waals surface area contributed by atoms with E-state index in [2.05, 4.69) is 9.88 Å². The summed E-state index contributed by atoms with van der Waals surface area (Å²) >= 11 is 0. The zero-order valence-electron chi connectivity index (χ0n) is 14.8. The number of likely N-dealkylation sites (N-methyl/N-ethyl adjacent to an activating group) is 2. The average molecular weight is 366 g/mol. The van der Waals surface area contributed by atoms with Crippen molar-refractivity contribution in [3.8, 4) is 0 Å². The molecule has 138 valence electrons. The molecule has 1 amide bonds. The van der Waals surface area contributed by atoms with Crippen LogP contribution in [-0.4, -0.2) is 90.8 Å². The quantitative estimate of drug-likeness (QED) is 0.721. The number of rotatable bonds is 5. The first-order valence-electron chi connectivity index (χ1n) is 8.71. The van der Waals surface area contributed by atoms with Gasteiger partial charge in [0.25, 0.3) is 0 Å². The standard InChI is InChI=1S/C17H26N4O3S/c1-3-20-8-9-21(16-13-25(23,24)12-15(16)20)17(22)11-19(2)10-14-4-6-18-7-5-14/h4-7,15-16H,3,8-13H2,1-2H3/t15-,16+/m1/s1. The summed E-state index contributed by atoms with van der Waals surface area (Å²) in [5.74, 6) is 0.273. The molecule has 0 aliphatic carbocycles. The third-order valence-electron chi connectivity index (χ3n) is 5.12. The summed E-state index contributed by atoms with van der Waals surface area (Å²) in [5.41, 5.74) is 1.10. The summed E-state index contributed by atoms with van der Waals surface area (Å²) in [6.45, 7) is 5.16. The third-order valence-corrected chi connectivity index (χ3v) is 6.82. The van der Waals surface area contributed by atoms with Gasteiger partial charge in [-0.2, -0.15) is 0 Å². The topological polar surface area (TPSA) is 73.8 Å². The van der Waals surface area contributed by atoms with Gasteiger partial charge in [0.1, 0.15) is 0 Å². The molecule has 7 nitrogen and oxygen atoms in total. The van der Waals surface area contributed by atoms with E-state index < -0.39 is 9.84 Å². The highest BCUT2D eigenvalue weighted by Gasteiger charge is 2.47. The van der Waals surface area contributed by atoms with E-state index in [1.54, 1.807) is 17.3 Å². The summed E-state index contributed by atoms with van der Waals surface area (Å²) in [6.07, 6.45) is 3.48. The van der Waals surface area contributed by atoms with E-state index in [9.17, 15) is 13.2 Å². The average Bonchev–Trinajstić information content (AvgIpc) is 2.89. The van der Waals surface area contributed by atoms with Gasteiger partial charge in [0.05, 0.1) is 24.1 Å². The van der Waals surface area contributed by atoms with Gasteiger partial charge in [-0.25, -0.2) is 8.42 Å². The number of hydrogen-bond acceptors (Lipinski definition) is 6. The fourth-order valence-electron chi connectivity index (χ4n) is 3.90. The maximum Gasteiger partial charge on any atom is 0.237 e. The molecular weight excluding hydrogens is 340 g/mol. The van der Waals surface area contributed by atoms with Gasteiger partial charge in [-0.15, -0.1) is 0 Å². The highest BCUT2D eigenvalue weighted by atomic mass is 32.2. The molecule has 2 saturated heterocycles. The van der Waals surface area contributed by atoms with Gasteiger partial charge in [0.2, 0.25) is 5.91 Å². The van der Waals surface area contributed by atoms with Crippen molar-refractivity contribution in [2.24, 2.45) is 0 Å². The number of pyridine rings is 1. The number of aromatic nitrogens is 1. The molecule has 0 bridgehead atoms. The van der Waals surface area contributed by atoms with E-state index in [0.29, 0.717) is 13.1 Å². The second-order valence-electron chi connectivity index (χ2n) is 6.96. The SMILES string of the molecule is CCN1CCN(C(=O)CN(C)Cc2ccncc2)[C@H]2CS(=O)(=O)C[C@H]21. The van der Waals surface area contributed by atoms with Crippen LogP contribution in [0, 0.1) is 0 Å². The third kappa shape index (κ3) is 4.19. The van der Waals surface area contributed by atoms with Gasteiger partial charge >= 0.3 is 0 Å². The minimum Gasteiger partial charge on any atom is -0.335 e. The lowest BCUT2D eigenvalue weighted by Gasteiger charge is -2.44. The van der Waals surface area contributed by atoms with Crippen molar-refractivity contribution in [2.75, 3.05) is 44.7 Å². The number of carbonyl (C=O) groups is 1. The Morgan fingerprint density at radius 1 is 1.24 bits per heavy atom. The van der Waals surface area contributed by atoms with Crippen molar-refractivity contribution in [1.82, 2.24) is 19.7 Å². The number of amides is 1. The molecule has 0 aromatic carbocycles. The molecule has 3 rings (SSSR count). The Morgan fingerprint density at radius 2 is 1.92 bits per heavy atom. The van der Waals surface area contributed by atoms with E-state index >= 15 is 0 Å². The van der Waals surface area contributed by atoms with Crippen LogP contribution < -0.4 is 0 Å². The van der Waals surface area contributed by atoms with Gasteiger partial charge in [0.15, 0.2) is 9.84 Å². The molecule has 0 unspecified atom stereocenters. The van der Waals surface area contributed by atoms with Crippen LogP contribution in [0.3, 0.4) is 0 Å². The summed E-state index contributed by atoms with van der Waals surface area (Å²) in [7, 11) is -1.17. The maximum absolute atomic E-state index is 12.8. The van der Waals surface area contributed by atoms with Crippen molar-refractivity contribution < 1.29 is 13.2 Å². The first-order chi connectivity index (χ1) is 11.9. The van der Waals surface area contributed by atoms with Gasteiger partial charge in [-0.1, -0.05) is 6.92 Å². The summed E-state index contributed by atoms with van der Waals surface area (Å²) < 4.78 is 24.2. The maximum atomic E-state index is 12.8. The molecule has 1 aromatic rings. The van der Waals surface area contributed by atoms with Crippen molar-refractivity contribution in [1.29, 1.82) is 0 Å². The molecule has 0 N–H and O–H groups in total. The largest absolute Gasteiger partial charge is 0.335 e. The Kier molecular flexibility index (Phi) is 5.41. The summed E-state index contributed by atoms with van der Waals surface area (Å²) in [5, 5.41) is 0. The minimum absolute atomic E-state index is 0.0133. The second-order valence-corrected chi connectivity index (χ2v) is 9.11. The lowest BCUT2D eigenvalue weighted by atomic mass is 10.0. The molecule has 0 radical (unpaired) electrons. The Hall–Kier alpha value is -1.51. The molecule has 2 fully saturated rings. The lowest BCUT2D eigenvalue weighted by molar-refractivity contribution is -0.137. The monoisotopic (exact) mass is 366 g/mol. The van der Waals surface area contributed by atoms with Crippen LogP contribution in [0.1, 0.15) is 12.5 Å². The fraction of sp³-hybridized carbons (Fsp3) is 0.647. The van der Waals surface area contributed by atoms with Gasteiger partial charge < -0.3 is 4.90 Å². The van der Waals surface area contributed by atoms with E-state index in [1.807, 2.05) is 31.0 Å². The van der Waals surface area contributed by atoms with Gasteiger partial charge in [0, 0.05) is 38.1 Å². The van der Waals surface area contributed by atoms with Crippen LogP contribution in [0.2, 0.25) is 0 Å². The molecule has 0 spiro atoms. The van der Waals surface area contributed by atoms with Crippen molar-refractivity contribution in [3.05, 3.63) is 30.1 Å². The summed E-state index contributed by atoms with van der Waals surface area (Å²) in [6, 6.07) is 3.60. The normalized spacial score (nSPS) is 26.0. The Bertz CT molecular complexity index is 710. The number of carbonyl (C=O) groups excluding carboxylic acids is 1. The Morgan fingerprint density at radius 3 is 2.60 bits per heavy atom. The van der Waals surface area contributed by atoms with Crippen LogP contribution in [0.5, 0.6) is 0 Å². The predicted octanol–water partition coefficient (Wildman–Crippen LogP) is -0.157. The summed E-state index contributed by atoms with van der Waals surface area (Å²) in [4.78, 5) is 22.8. The second kappa shape index (κ2) is 7.39. The van der Waals surface area contributed by atoms with E-state index in [1.165, 1.54) is 0 Å². The Labute approximate surface area is 149 Å². The number of nitrogens with zero attached hydrogens (tertiary/aromatic N) is 4. The van der Waals surface area contributed by atoms with Crippen molar-refractivity contribution in [2.45, 2.75) is 25.6 Å². The molecule has 0 saturated carbocycles. The molecule has 2 atom stereocenters. The lowest BCUT2D eigenvalue weighted by Crippen LogP contribution is -2.61. The molecule has 3 heterocycles. The molecule has 1 aromatic heterocycles. The molecular formula is C17H26N4O3S. The van der Waals surface area contributed by atoms with Crippen LogP contribution >= 0.6 is 0 Å². The van der Waals surface area contributed by atoms with Crippen LogP contribution in [0.4, 0.5) is 0 Å². The predicted molar refractivity (Wildman–Crippen MR) is 95.8 cm³/mol. The first-order valence-corrected chi connectivity index (χ1v) is 10.5. The van der Waals surface area contributed by atoms with E-state index in [0.717, 1.165) is 18.7 Å². The smallest absolute Gasteiger partial charge is 0.237 e. The number of sulfone groups is 1. The number of piperazine rings is 1. The van der Waals surface area contributed by atoms with Gasteiger partial charge in [-0.05, 0) is 31.3 Å². The minimum atomic E-state index is -3.07. The van der Waals surface area contributed by atoms with Crippen LogP contribution in [-0.2, 0) is 21.2 Å². The number of fused-ring (bicyclic) bond motifs is 1. The molecule has 2 aliphatic rings. The van der Waals surface area contributed by atoms with Crippen LogP contribution in [0.25, 0.3) is 0 Å². The van der Waals surface area contributed by atoms with E-state index in [4.69, 9.17) is 0 Å². The van der Waals surface area contributed by atoms with Crippen molar-refractivity contribution in [3.63, 3.8) is 0 Å². The molecule has 8 heteroatoms. The van der Waals surface area contributed by atoms with Gasteiger partial charge in [-0.3, -0.25) is 19.6 Å². The first kappa shape index (κ1) is 18.3. The van der Waals surface area contributed by atoms with Crippen LogP contribution in [0.15, 0.2) is 24.5 Å². The number of hydrogen-bond donors (Lipinski definition) is 0. The zero-order chi connectivity index (χ0) is 18.0. The fourth-order valence-corrected chi connectivity index (χ4v) is 5.92. The van der Waals surface area contributed by atoms with E-state index in [-0.39, 0.29) is 36.0 Å². The highest BCUT2D eigenvalue weighted by Crippen LogP contribution is 2.27. The zero-order valence-corrected chi connectivity index (χ0v) is 15.7.